The van der Waals surface area contributed by atoms with Crippen LogP contribution in [0.25, 0.3) is 6.08 Å². The third kappa shape index (κ3) is 4.87. The van der Waals surface area contributed by atoms with Gasteiger partial charge < -0.3 is 5.32 Å². The highest BCUT2D eigenvalue weighted by Gasteiger charge is 2.52. The largest absolute Gasteiger partial charge is 0.325 e. The van der Waals surface area contributed by atoms with E-state index in [9.17, 15) is 14.0 Å². The molecule has 2 aliphatic rings. The van der Waals surface area contributed by atoms with Crippen LogP contribution >= 0.6 is 11.6 Å². The van der Waals surface area contributed by atoms with Crippen molar-refractivity contribution < 1.29 is 14.0 Å². The molecule has 2 aromatic rings. The van der Waals surface area contributed by atoms with E-state index in [1.807, 2.05) is 43.3 Å². The Labute approximate surface area is 192 Å². The molecule has 168 valence electrons. The molecule has 4 rings (SSSR count). The van der Waals surface area contributed by atoms with Gasteiger partial charge in [-0.15, -0.1) is 0 Å². The van der Waals surface area contributed by atoms with Crippen molar-refractivity contribution in [3.05, 3.63) is 76.6 Å². The summed E-state index contributed by atoms with van der Waals surface area (Å²) in [5.41, 5.74) is 0.863. The van der Waals surface area contributed by atoms with E-state index < -0.39 is 11.6 Å². The van der Waals surface area contributed by atoms with Gasteiger partial charge in [0.1, 0.15) is 11.4 Å². The number of nitrogens with one attached hydrogen (secondary N) is 1. The molecule has 1 unspecified atom stereocenters. The first-order valence-electron chi connectivity index (χ1n) is 10.9. The van der Waals surface area contributed by atoms with Crippen LogP contribution in [0.4, 0.5) is 9.18 Å². The molecule has 0 bridgehead atoms. The molecule has 7 heteroatoms. The zero-order valence-electron chi connectivity index (χ0n) is 18.1. The third-order valence-electron chi connectivity index (χ3n) is 6.46. The van der Waals surface area contributed by atoms with Crippen LogP contribution in [-0.2, 0) is 11.3 Å². The Bertz CT molecular complexity index is 1000. The summed E-state index contributed by atoms with van der Waals surface area (Å²) in [6, 6.07) is 15.4. The number of hydrogen-bond donors (Lipinski definition) is 1. The fourth-order valence-electron chi connectivity index (χ4n) is 4.57. The Hall–Kier alpha value is -2.70. The van der Waals surface area contributed by atoms with Crippen molar-refractivity contribution in [2.24, 2.45) is 5.92 Å². The summed E-state index contributed by atoms with van der Waals surface area (Å²) in [6.07, 6.45) is 3.56. The monoisotopic (exact) mass is 455 g/mol. The molecule has 1 N–H and O–H groups in total. The predicted octanol–water partition coefficient (Wildman–Crippen LogP) is 4.63. The second-order valence-electron chi connectivity index (χ2n) is 8.70. The molecule has 2 aromatic carbocycles. The number of urea groups is 1. The molecule has 2 fully saturated rings. The number of piperidine rings is 1. The molecule has 3 amide bonds. The molecule has 0 radical (unpaired) electrons. The molecule has 2 heterocycles. The lowest BCUT2D eigenvalue weighted by Gasteiger charge is -2.38. The summed E-state index contributed by atoms with van der Waals surface area (Å²) < 4.78 is 13.2. The van der Waals surface area contributed by atoms with Gasteiger partial charge in [0, 0.05) is 11.6 Å². The second kappa shape index (κ2) is 9.43. The van der Waals surface area contributed by atoms with Crippen molar-refractivity contribution in [3.8, 4) is 0 Å². The smallest absolute Gasteiger partial charge is 0.323 e. The van der Waals surface area contributed by atoms with E-state index in [-0.39, 0.29) is 24.2 Å². The molecule has 2 saturated heterocycles. The van der Waals surface area contributed by atoms with Gasteiger partial charge in [-0.05, 0) is 68.1 Å². The van der Waals surface area contributed by atoms with Gasteiger partial charge in [-0.2, -0.15) is 0 Å². The van der Waals surface area contributed by atoms with Crippen LogP contribution in [-0.4, -0.2) is 46.9 Å². The normalized spacial score (nSPS) is 23.0. The van der Waals surface area contributed by atoms with Crippen molar-refractivity contribution in [1.82, 2.24) is 15.1 Å². The van der Waals surface area contributed by atoms with Gasteiger partial charge in [0.05, 0.1) is 6.54 Å². The lowest BCUT2D eigenvalue weighted by atomic mass is 9.79. The van der Waals surface area contributed by atoms with E-state index in [1.165, 1.54) is 17.0 Å². The minimum atomic E-state index is -0.924. The maximum atomic E-state index is 13.2. The Balaban J connectivity index is 1.35. The summed E-state index contributed by atoms with van der Waals surface area (Å²) in [6.45, 7) is 4.23. The van der Waals surface area contributed by atoms with Gasteiger partial charge in [0.25, 0.3) is 5.91 Å². The van der Waals surface area contributed by atoms with E-state index in [1.54, 1.807) is 12.1 Å². The number of likely N-dealkylation sites (tertiary alicyclic amines) is 1. The van der Waals surface area contributed by atoms with Gasteiger partial charge in [-0.1, -0.05) is 54.1 Å². The zero-order valence-corrected chi connectivity index (χ0v) is 18.8. The highest BCUT2D eigenvalue weighted by Crippen LogP contribution is 2.34. The van der Waals surface area contributed by atoms with Crippen LogP contribution < -0.4 is 5.32 Å². The average molecular weight is 456 g/mol. The predicted molar refractivity (Wildman–Crippen MR) is 123 cm³/mol. The van der Waals surface area contributed by atoms with Gasteiger partial charge in [0.2, 0.25) is 0 Å². The molecular formula is C25H27ClFN3O2. The van der Waals surface area contributed by atoms with Crippen molar-refractivity contribution >= 4 is 29.6 Å². The van der Waals surface area contributed by atoms with Crippen LogP contribution in [0, 0.1) is 11.7 Å². The van der Waals surface area contributed by atoms with E-state index in [2.05, 4.69) is 10.2 Å². The van der Waals surface area contributed by atoms with Crippen molar-refractivity contribution in [2.45, 2.75) is 31.8 Å². The van der Waals surface area contributed by atoms with Crippen LogP contribution in [0.5, 0.6) is 0 Å². The van der Waals surface area contributed by atoms with E-state index in [4.69, 9.17) is 11.6 Å². The lowest BCUT2D eigenvalue weighted by molar-refractivity contribution is -0.133. The first-order valence-corrected chi connectivity index (χ1v) is 11.2. The van der Waals surface area contributed by atoms with Gasteiger partial charge in [0.15, 0.2) is 0 Å². The molecule has 0 saturated carbocycles. The van der Waals surface area contributed by atoms with Crippen LogP contribution in [0.15, 0.2) is 59.6 Å². The third-order valence-corrected chi connectivity index (χ3v) is 6.69. The summed E-state index contributed by atoms with van der Waals surface area (Å²) in [4.78, 5) is 29.3. The number of carbonyl (C=O) groups excluding carboxylic acids is 2. The standard InChI is InChI=1S/C25H27ClFN3O2/c1-25(23(31)30(24(32)28-25)16-19-7-9-22(27)10-8-19)20-11-13-29(14-12-20)17-21(26)15-18-5-3-2-4-6-18/h2-10,15,20H,11-14,16-17H2,1H3,(H,28,32)/b21-15-. The maximum Gasteiger partial charge on any atom is 0.325 e. The highest BCUT2D eigenvalue weighted by atomic mass is 35.5. The van der Waals surface area contributed by atoms with Crippen molar-refractivity contribution in [2.75, 3.05) is 19.6 Å². The number of amides is 3. The SMILES string of the molecule is CC1(C2CCN(C/C(Cl)=C/c3ccccc3)CC2)NC(=O)N(Cc2ccc(F)cc2)C1=O. The quantitative estimate of drug-likeness (QED) is 0.646. The fourth-order valence-corrected chi connectivity index (χ4v) is 4.86. The summed E-state index contributed by atoms with van der Waals surface area (Å²) >= 11 is 6.47. The number of hydrogen-bond acceptors (Lipinski definition) is 3. The molecule has 2 aliphatic heterocycles. The minimum Gasteiger partial charge on any atom is -0.323 e. The Kier molecular flexibility index (Phi) is 6.63. The van der Waals surface area contributed by atoms with E-state index >= 15 is 0 Å². The maximum absolute atomic E-state index is 13.2. The molecule has 0 aliphatic carbocycles. The van der Waals surface area contributed by atoms with Gasteiger partial charge >= 0.3 is 6.03 Å². The number of rotatable bonds is 6. The lowest BCUT2D eigenvalue weighted by Crippen LogP contribution is -2.54. The number of carbonyl (C=O) groups is 2. The number of imide groups is 1. The summed E-state index contributed by atoms with van der Waals surface area (Å²) in [7, 11) is 0. The summed E-state index contributed by atoms with van der Waals surface area (Å²) in [5.74, 6) is -0.515. The molecule has 0 aromatic heterocycles. The second-order valence-corrected chi connectivity index (χ2v) is 9.19. The van der Waals surface area contributed by atoms with Gasteiger partial charge in [-0.3, -0.25) is 14.6 Å². The van der Waals surface area contributed by atoms with Crippen LogP contribution in [0.1, 0.15) is 30.9 Å². The number of benzene rings is 2. The number of halogens is 2. The topological polar surface area (TPSA) is 52.7 Å². The molecule has 32 heavy (non-hydrogen) atoms. The van der Waals surface area contributed by atoms with Gasteiger partial charge in [-0.25, -0.2) is 9.18 Å². The van der Waals surface area contributed by atoms with E-state index in [0.29, 0.717) is 12.1 Å². The van der Waals surface area contributed by atoms with Crippen LogP contribution in [0.2, 0.25) is 0 Å². The van der Waals surface area contributed by atoms with Crippen molar-refractivity contribution in [3.63, 3.8) is 0 Å². The first kappa shape index (κ1) is 22.5. The van der Waals surface area contributed by atoms with Crippen LogP contribution in [0.3, 0.4) is 0 Å². The summed E-state index contributed by atoms with van der Waals surface area (Å²) in [5, 5.41) is 3.70. The highest BCUT2D eigenvalue weighted by molar-refractivity contribution is 6.31. The first-order chi connectivity index (χ1) is 15.3. The molecule has 1 atom stereocenters. The van der Waals surface area contributed by atoms with Crippen molar-refractivity contribution in [1.29, 1.82) is 0 Å². The molecular weight excluding hydrogens is 429 g/mol. The Morgan fingerprint density at radius 3 is 2.44 bits per heavy atom. The number of nitrogens with zero attached hydrogens (tertiary/aromatic N) is 2. The van der Waals surface area contributed by atoms with E-state index in [0.717, 1.165) is 36.5 Å². The zero-order chi connectivity index (χ0) is 22.7. The minimum absolute atomic E-state index is 0.0466. The Morgan fingerprint density at radius 2 is 1.78 bits per heavy atom. The molecule has 5 nitrogen and oxygen atoms in total. The average Bonchev–Trinajstić information content (AvgIpc) is 3.00. The fraction of sp³-hybridized carbons (Fsp3) is 0.360. The Morgan fingerprint density at radius 1 is 1.12 bits per heavy atom. The molecule has 0 spiro atoms.